The molecular formula is C7H15NO. The lowest BCUT2D eigenvalue weighted by molar-refractivity contribution is -0.0339. The third-order valence-corrected chi connectivity index (χ3v) is 2.36. The summed E-state index contributed by atoms with van der Waals surface area (Å²) in [5, 5.41) is 0. The Balaban J connectivity index is 2.34. The number of ether oxygens (including phenoxy) is 1. The second-order valence-corrected chi connectivity index (χ2v) is 3.10. The number of likely N-dealkylation sites (N-methyl/N-ethyl adjacent to an activating group) is 1. The number of likely N-dealkylation sites (tertiary alicyclic amines) is 1. The highest BCUT2D eigenvalue weighted by Crippen LogP contribution is 2.27. The van der Waals surface area contributed by atoms with Gasteiger partial charge in [0.25, 0.3) is 0 Å². The molecule has 0 aromatic heterocycles. The van der Waals surface area contributed by atoms with Gasteiger partial charge >= 0.3 is 0 Å². The molecule has 54 valence electrons. The number of hydrogen-bond acceptors (Lipinski definition) is 2. The van der Waals surface area contributed by atoms with E-state index in [2.05, 4.69) is 18.9 Å². The molecule has 1 heterocycles. The summed E-state index contributed by atoms with van der Waals surface area (Å²) in [5.41, 5.74) is 0.342. The predicted molar refractivity (Wildman–Crippen MR) is 37.5 cm³/mol. The molecule has 1 rings (SSSR count). The van der Waals surface area contributed by atoms with Gasteiger partial charge in [0.1, 0.15) is 0 Å². The monoisotopic (exact) mass is 129 g/mol. The van der Waals surface area contributed by atoms with Crippen molar-refractivity contribution in [3.05, 3.63) is 0 Å². The van der Waals surface area contributed by atoms with Crippen LogP contribution in [0.15, 0.2) is 0 Å². The minimum atomic E-state index is 0.342. The van der Waals surface area contributed by atoms with Gasteiger partial charge in [0.2, 0.25) is 0 Å². The summed E-state index contributed by atoms with van der Waals surface area (Å²) in [7, 11) is 3.90. The molecule has 0 aromatic rings. The molecule has 0 bridgehead atoms. The maximum atomic E-state index is 5.08. The van der Waals surface area contributed by atoms with Gasteiger partial charge in [-0.05, 0) is 20.4 Å². The minimum Gasteiger partial charge on any atom is -0.383 e. The standard InChI is InChI=1S/C7H15NO/c1-7(6-9-3)4-5-8(7)2/h4-6H2,1-3H3/t7-/m0/s1. The molecule has 0 N–H and O–H groups in total. The summed E-state index contributed by atoms with van der Waals surface area (Å²) >= 11 is 0. The van der Waals surface area contributed by atoms with Gasteiger partial charge in [0, 0.05) is 19.2 Å². The van der Waals surface area contributed by atoms with Gasteiger partial charge in [0.15, 0.2) is 0 Å². The third kappa shape index (κ3) is 1.10. The van der Waals surface area contributed by atoms with Gasteiger partial charge < -0.3 is 4.74 Å². The van der Waals surface area contributed by atoms with E-state index in [1.807, 2.05) is 0 Å². The lowest BCUT2D eigenvalue weighted by atomic mass is 9.89. The number of rotatable bonds is 2. The molecule has 0 spiro atoms. The average molecular weight is 129 g/mol. The van der Waals surface area contributed by atoms with E-state index in [0.717, 1.165) is 6.61 Å². The SMILES string of the molecule is COC[C@]1(C)CCN1C. The van der Waals surface area contributed by atoms with Crippen LogP contribution >= 0.6 is 0 Å². The first-order valence-corrected chi connectivity index (χ1v) is 3.39. The zero-order chi connectivity index (χ0) is 6.91. The van der Waals surface area contributed by atoms with E-state index in [0.29, 0.717) is 5.54 Å². The van der Waals surface area contributed by atoms with Crippen LogP contribution in [0.1, 0.15) is 13.3 Å². The van der Waals surface area contributed by atoms with E-state index >= 15 is 0 Å². The van der Waals surface area contributed by atoms with Crippen molar-refractivity contribution in [2.75, 3.05) is 27.3 Å². The van der Waals surface area contributed by atoms with Gasteiger partial charge in [-0.2, -0.15) is 0 Å². The highest BCUT2D eigenvalue weighted by molar-refractivity contribution is 4.93. The Kier molecular flexibility index (Phi) is 1.78. The van der Waals surface area contributed by atoms with Crippen molar-refractivity contribution in [1.82, 2.24) is 4.90 Å². The Morgan fingerprint density at radius 1 is 1.67 bits per heavy atom. The van der Waals surface area contributed by atoms with Gasteiger partial charge in [-0.3, -0.25) is 4.90 Å². The van der Waals surface area contributed by atoms with Crippen LogP contribution < -0.4 is 0 Å². The number of hydrogen-bond donors (Lipinski definition) is 0. The Hall–Kier alpha value is -0.0800. The fourth-order valence-electron chi connectivity index (χ4n) is 1.21. The lowest BCUT2D eigenvalue weighted by Gasteiger charge is -2.48. The largest absolute Gasteiger partial charge is 0.383 e. The fraction of sp³-hybridized carbons (Fsp3) is 1.00. The van der Waals surface area contributed by atoms with Gasteiger partial charge in [0.05, 0.1) is 6.61 Å². The maximum absolute atomic E-state index is 5.08. The van der Waals surface area contributed by atoms with E-state index in [-0.39, 0.29) is 0 Å². The molecule has 0 aliphatic carbocycles. The lowest BCUT2D eigenvalue weighted by Crippen LogP contribution is -2.58. The average Bonchev–Trinajstić information content (AvgIpc) is 1.86. The summed E-state index contributed by atoms with van der Waals surface area (Å²) in [6.07, 6.45) is 1.28. The van der Waals surface area contributed by atoms with Gasteiger partial charge in [-0.1, -0.05) is 0 Å². The van der Waals surface area contributed by atoms with Crippen LogP contribution in [0, 0.1) is 0 Å². The minimum absolute atomic E-state index is 0.342. The van der Waals surface area contributed by atoms with E-state index < -0.39 is 0 Å². The van der Waals surface area contributed by atoms with Gasteiger partial charge in [-0.15, -0.1) is 0 Å². The molecule has 1 aliphatic heterocycles. The predicted octanol–water partition coefficient (Wildman–Crippen LogP) is 0.727. The second-order valence-electron chi connectivity index (χ2n) is 3.10. The van der Waals surface area contributed by atoms with E-state index in [1.54, 1.807) is 7.11 Å². The van der Waals surface area contributed by atoms with Crippen molar-refractivity contribution in [2.24, 2.45) is 0 Å². The molecule has 0 aromatic carbocycles. The van der Waals surface area contributed by atoms with Gasteiger partial charge in [-0.25, -0.2) is 0 Å². The van der Waals surface area contributed by atoms with Crippen LogP contribution in [0.4, 0.5) is 0 Å². The molecule has 0 radical (unpaired) electrons. The molecule has 0 amide bonds. The summed E-state index contributed by atoms with van der Waals surface area (Å²) in [5.74, 6) is 0. The van der Waals surface area contributed by atoms with Crippen LogP contribution in [0.2, 0.25) is 0 Å². The third-order valence-electron chi connectivity index (χ3n) is 2.36. The molecule has 2 nitrogen and oxygen atoms in total. The second kappa shape index (κ2) is 2.27. The van der Waals surface area contributed by atoms with Crippen molar-refractivity contribution in [1.29, 1.82) is 0 Å². The molecule has 1 fully saturated rings. The Morgan fingerprint density at radius 3 is 2.44 bits per heavy atom. The van der Waals surface area contributed by atoms with E-state index in [4.69, 9.17) is 4.74 Å². The molecule has 1 saturated heterocycles. The summed E-state index contributed by atoms with van der Waals surface area (Å²) in [4.78, 5) is 2.33. The summed E-state index contributed by atoms with van der Waals surface area (Å²) < 4.78 is 5.08. The normalized spacial score (nSPS) is 36.3. The molecule has 0 saturated carbocycles. The molecule has 1 aliphatic rings. The summed E-state index contributed by atoms with van der Waals surface area (Å²) in [6.45, 7) is 4.32. The Bertz CT molecular complexity index is 105. The van der Waals surface area contributed by atoms with E-state index in [1.165, 1.54) is 13.0 Å². The maximum Gasteiger partial charge on any atom is 0.0644 e. The highest BCUT2D eigenvalue weighted by atomic mass is 16.5. The van der Waals surface area contributed by atoms with E-state index in [9.17, 15) is 0 Å². The molecule has 0 unspecified atom stereocenters. The molecular weight excluding hydrogens is 114 g/mol. The Morgan fingerprint density at radius 2 is 2.33 bits per heavy atom. The van der Waals surface area contributed by atoms with Crippen LogP contribution in [-0.4, -0.2) is 37.7 Å². The van der Waals surface area contributed by atoms with Crippen LogP contribution in [0.3, 0.4) is 0 Å². The first-order chi connectivity index (χ1) is 4.19. The first-order valence-electron chi connectivity index (χ1n) is 3.39. The quantitative estimate of drug-likeness (QED) is 0.545. The van der Waals surface area contributed by atoms with Crippen molar-refractivity contribution >= 4 is 0 Å². The zero-order valence-electron chi connectivity index (χ0n) is 6.48. The summed E-state index contributed by atoms with van der Waals surface area (Å²) in [6, 6.07) is 0. The van der Waals surface area contributed by atoms with Crippen LogP contribution in [-0.2, 0) is 4.74 Å². The smallest absolute Gasteiger partial charge is 0.0644 e. The number of methoxy groups -OCH3 is 1. The molecule has 1 atom stereocenters. The zero-order valence-corrected chi connectivity index (χ0v) is 6.48. The molecule has 2 heteroatoms. The number of nitrogens with zero attached hydrogens (tertiary/aromatic N) is 1. The highest BCUT2D eigenvalue weighted by Gasteiger charge is 2.37. The topological polar surface area (TPSA) is 12.5 Å². The Labute approximate surface area is 56.8 Å². The van der Waals surface area contributed by atoms with Crippen LogP contribution in [0.25, 0.3) is 0 Å². The van der Waals surface area contributed by atoms with Crippen LogP contribution in [0.5, 0.6) is 0 Å². The fourth-order valence-corrected chi connectivity index (χ4v) is 1.21. The van der Waals surface area contributed by atoms with Crippen molar-refractivity contribution in [2.45, 2.75) is 18.9 Å². The molecule has 9 heavy (non-hydrogen) atoms. The van der Waals surface area contributed by atoms with Crippen molar-refractivity contribution < 1.29 is 4.74 Å². The van der Waals surface area contributed by atoms with Crippen molar-refractivity contribution in [3.63, 3.8) is 0 Å². The first kappa shape index (κ1) is 7.03. The van der Waals surface area contributed by atoms with Crippen molar-refractivity contribution in [3.8, 4) is 0 Å².